The van der Waals surface area contributed by atoms with E-state index in [0.717, 1.165) is 39.4 Å². The van der Waals surface area contributed by atoms with Gasteiger partial charge in [-0.25, -0.2) is 9.97 Å². The zero-order chi connectivity index (χ0) is 25.4. The number of para-hydroxylation sites is 1. The van der Waals surface area contributed by atoms with E-state index >= 15 is 0 Å². The average molecular weight is 505 g/mol. The molecular weight excluding hydrogens is 480 g/mol. The molecule has 0 unspecified atom stereocenters. The Hall–Kier alpha value is -4.36. The Morgan fingerprint density at radius 1 is 0.865 bits per heavy atom. The number of nitrogens with zero attached hydrogens (tertiary/aromatic N) is 3. The van der Waals surface area contributed by atoms with Crippen LogP contribution >= 0.6 is 11.8 Å². The first kappa shape index (κ1) is 23.1. The van der Waals surface area contributed by atoms with Gasteiger partial charge in [0, 0.05) is 23.1 Å². The minimum absolute atomic E-state index is 0.133. The SMILES string of the molecule is Cc1ccccc1-n1c(SCc2nc(-c3ccccc3)oc2C)nc2c(-c3ccccc3)c[nH]c2c1=O. The predicted molar refractivity (Wildman–Crippen MR) is 148 cm³/mol. The van der Waals surface area contributed by atoms with Gasteiger partial charge in [0.05, 0.1) is 11.4 Å². The first-order valence-electron chi connectivity index (χ1n) is 12.0. The van der Waals surface area contributed by atoms with Gasteiger partial charge in [-0.3, -0.25) is 9.36 Å². The van der Waals surface area contributed by atoms with E-state index in [1.54, 1.807) is 4.57 Å². The average Bonchev–Trinajstić information content (AvgIpc) is 3.53. The predicted octanol–water partition coefficient (Wildman–Crippen LogP) is 6.94. The minimum atomic E-state index is -0.133. The van der Waals surface area contributed by atoms with Crippen molar-refractivity contribution in [1.82, 2.24) is 19.5 Å². The van der Waals surface area contributed by atoms with Crippen LogP contribution in [0.1, 0.15) is 17.0 Å². The summed E-state index contributed by atoms with van der Waals surface area (Å²) in [6, 6.07) is 27.7. The Balaban J connectivity index is 1.46. The summed E-state index contributed by atoms with van der Waals surface area (Å²) in [6.45, 7) is 3.92. The zero-order valence-corrected chi connectivity index (χ0v) is 21.3. The Labute approximate surface area is 218 Å². The fourth-order valence-corrected chi connectivity index (χ4v) is 5.40. The van der Waals surface area contributed by atoms with Gasteiger partial charge in [-0.05, 0) is 43.2 Å². The van der Waals surface area contributed by atoms with Crippen molar-refractivity contribution in [3.05, 3.63) is 118 Å². The third-order valence-corrected chi connectivity index (χ3v) is 7.31. The first-order valence-corrected chi connectivity index (χ1v) is 13.0. The van der Waals surface area contributed by atoms with E-state index in [1.807, 2.05) is 105 Å². The standard InChI is InChI=1S/C30H24N4O2S/c1-19-11-9-10-16-25(19)34-29(35)27-26(23(17-31-27)21-12-5-3-6-13-21)33-30(34)37-18-24-20(2)36-28(32-24)22-14-7-4-8-15-22/h3-17,31H,18H2,1-2H3. The van der Waals surface area contributed by atoms with Crippen LogP contribution in [-0.2, 0) is 5.75 Å². The highest BCUT2D eigenvalue weighted by atomic mass is 32.2. The van der Waals surface area contributed by atoms with E-state index < -0.39 is 0 Å². The highest BCUT2D eigenvalue weighted by Crippen LogP contribution is 2.31. The zero-order valence-electron chi connectivity index (χ0n) is 20.4. The van der Waals surface area contributed by atoms with Crippen LogP contribution in [-0.4, -0.2) is 19.5 Å². The van der Waals surface area contributed by atoms with Crippen molar-refractivity contribution in [1.29, 1.82) is 0 Å². The lowest BCUT2D eigenvalue weighted by Gasteiger charge is -2.14. The molecule has 0 amide bonds. The number of hydrogen-bond donors (Lipinski definition) is 1. The van der Waals surface area contributed by atoms with Crippen molar-refractivity contribution < 1.29 is 4.42 Å². The normalized spacial score (nSPS) is 11.3. The highest BCUT2D eigenvalue weighted by molar-refractivity contribution is 7.98. The Morgan fingerprint density at radius 3 is 2.27 bits per heavy atom. The molecule has 0 fully saturated rings. The van der Waals surface area contributed by atoms with Gasteiger partial charge < -0.3 is 9.40 Å². The van der Waals surface area contributed by atoms with Gasteiger partial charge in [-0.15, -0.1) is 0 Å². The van der Waals surface area contributed by atoms with Crippen molar-refractivity contribution in [2.45, 2.75) is 24.8 Å². The number of aromatic nitrogens is 4. The second-order valence-corrected chi connectivity index (χ2v) is 9.73. The summed E-state index contributed by atoms with van der Waals surface area (Å²) >= 11 is 1.48. The number of nitrogens with one attached hydrogen (secondary N) is 1. The van der Waals surface area contributed by atoms with Gasteiger partial charge in [0.1, 0.15) is 16.8 Å². The molecule has 37 heavy (non-hydrogen) atoms. The molecule has 3 aromatic heterocycles. The lowest BCUT2D eigenvalue weighted by molar-refractivity contribution is 0.540. The molecule has 0 bridgehead atoms. The van der Waals surface area contributed by atoms with E-state index in [1.165, 1.54) is 11.8 Å². The van der Waals surface area contributed by atoms with Gasteiger partial charge in [0.2, 0.25) is 5.89 Å². The maximum absolute atomic E-state index is 13.9. The quantitative estimate of drug-likeness (QED) is 0.196. The summed E-state index contributed by atoms with van der Waals surface area (Å²) in [5.41, 5.74) is 6.46. The van der Waals surface area contributed by atoms with Crippen molar-refractivity contribution in [2.75, 3.05) is 0 Å². The van der Waals surface area contributed by atoms with Gasteiger partial charge >= 0.3 is 0 Å². The maximum atomic E-state index is 13.9. The van der Waals surface area contributed by atoms with Crippen molar-refractivity contribution >= 4 is 22.8 Å². The fraction of sp³-hybridized carbons (Fsp3) is 0.100. The van der Waals surface area contributed by atoms with Crippen molar-refractivity contribution in [2.24, 2.45) is 0 Å². The molecule has 7 heteroatoms. The molecule has 0 aliphatic carbocycles. The summed E-state index contributed by atoms with van der Waals surface area (Å²) in [6.07, 6.45) is 1.86. The smallest absolute Gasteiger partial charge is 0.283 e. The van der Waals surface area contributed by atoms with E-state index in [4.69, 9.17) is 14.4 Å². The van der Waals surface area contributed by atoms with Gasteiger partial charge in [0.15, 0.2) is 5.16 Å². The van der Waals surface area contributed by atoms with E-state index in [9.17, 15) is 4.79 Å². The fourth-order valence-electron chi connectivity index (χ4n) is 4.40. The molecule has 3 aromatic carbocycles. The third-order valence-electron chi connectivity index (χ3n) is 6.36. The number of aromatic amines is 1. The summed E-state index contributed by atoms with van der Waals surface area (Å²) in [5.74, 6) is 1.85. The lowest BCUT2D eigenvalue weighted by atomic mass is 10.1. The van der Waals surface area contributed by atoms with E-state index in [2.05, 4.69) is 4.98 Å². The molecular formula is C30H24N4O2S. The van der Waals surface area contributed by atoms with Crippen LogP contribution < -0.4 is 5.56 Å². The molecule has 0 spiro atoms. The van der Waals surface area contributed by atoms with Crippen LogP contribution in [0.25, 0.3) is 39.3 Å². The molecule has 0 aliphatic heterocycles. The molecule has 0 saturated carbocycles. The topological polar surface area (TPSA) is 76.7 Å². The number of oxazole rings is 1. The van der Waals surface area contributed by atoms with Gasteiger partial charge in [-0.1, -0.05) is 78.5 Å². The van der Waals surface area contributed by atoms with Gasteiger partial charge in [0.25, 0.3) is 5.56 Å². The number of hydrogen-bond acceptors (Lipinski definition) is 5. The summed E-state index contributed by atoms with van der Waals surface area (Å²) < 4.78 is 7.66. The molecule has 3 heterocycles. The summed E-state index contributed by atoms with van der Waals surface area (Å²) in [7, 11) is 0. The number of thioether (sulfide) groups is 1. The third kappa shape index (κ3) is 4.27. The highest BCUT2D eigenvalue weighted by Gasteiger charge is 2.20. The van der Waals surface area contributed by atoms with Crippen LogP contribution in [0.15, 0.2) is 105 Å². The summed E-state index contributed by atoms with van der Waals surface area (Å²) in [5, 5.41) is 0.604. The number of aryl methyl sites for hydroxylation is 2. The van der Waals surface area contributed by atoms with Crippen LogP contribution in [0, 0.1) is 13.8 Å². The Morgan fingerprint density at radius 2 is 1.54 bits per heavy atom. The lowest BCUT2D eigenvalue weighted by Crippen LogP contribution is -2.22. The molecule has 6 aromatic rings. The largest absolute Gasteiger partial charge is 0.441 e. The Bertz CT molecular complexity index is 1770. The first-order chi connectivity index (χ1) is 18.1. The van der Waals surface area contributed by atoms with Gasteiger partial charge in [-0.2, -0.15) is 0 Å². The molecule has 0 aliphatic rings. The van der Waals surface area contributed by atoms with Crippen molar-refractivity contribution in [3.63, 3.8) is 0 Å². The van der Waals surface area contributed by atoms with E-state index in [-0.39, 0.29) is 5.56 Å². The number of benzene rings is 3. The Kier molecular flexibility index (Phi) is 5.98. The van der Waals surface area contributed by atoms with Crippen LogP contribution in [0.5, 0.6) is 0 Å². The second-order valence-electron chi connectivity index (χ2n) is 8.79. The summed E-state index contributed by atoms with van der Waals surface area (Å²) in [4.78, 5) is 26.8. The molecule has 1 N–H and O–H groups in total. The van der Waals surface area contributed by atoms with E-state index in [0.29, 0.717) is 27.8 Å². The second kappa shape index (κ2) is 9.59. The molecule has 0 saturated heterocycles. The molecule has 6 nitrogen and oxygen atoms in total. The van der Waals surface area contributed by atoms with Crippen LogP contribution in [0.2, 0.25) is 0 Å². The molecule has 0 atom stereocenters. The number of H-pyrrole nitrogens is 1. The monoisotopic (exact) mass is 504 g/mol. The number of rotatable bonds is 6. The van der Waals surface area contributed by atoms with Crippen LogP contribution in [0.3, 0.4) is 0 Å². The minimum Gasteiger partial charge on any atom is -0.441 e. The molecule has 6 rings (SSSR count). The van der Waals surface area contributed by atoms with Crippen LogP contribution in [0.4, 0.5) is 0 Å². The molecule has 0 radical (unpaired) electrons. The maximum Gasteiger partial charge on any atom is 0.283 e. The molecule has 182 valence electrons. The number of fused-ring (bicyclic) bond motifs is 1. The van der Waals surface area contributed by atoms with Crippen molar-refractivity contribution in [3.8, 4) is 28.3 Å².